The van der Waals surface area contributed by atoms with Crippen molar-refractivity contribution in [2.75, 3.05) is 16.8 Å². The number of aromatic nitrogens is 2. The Morgan fingerprint density at radius 1 is 1.05 bits per heavy atom. The summed E-state index contributed by atoms with van der Waals surface area (Å²) in [6.07, 6.45) is -0.449. The van der Waals surface area contributed by atoms with Crippen LogP contribution in [-0.2, 0) is 17.9 Å². The molecule has 9 nitrogen and oxygen atoms in total. The minimum Gasteiger partial charge on any atom is -0.481 e. The first-order valence-corrected chi connectivity index (χ1v) is 11.9. The van der Waals surface area contributed by atoms with Crippen LogP contribution in [0.4, 0.5) is 24.5 Å². The van der Waals surface area contributed by atoms with Gasteiger partial charge in [-0.15, -0.1) is 0 Å². The van der Waals surface area contributed by atoms with E-state index < -0.39 is 35.7 Å². The molecule has 3 aromatic carbocycles. The van der Waals surface area contributed by atoms with E-state index in [0.717, 1.165) is 23.1 Å². The van der Waals surface area contributed by atoms with Crippen LogP contribution in [0.15, 0.2) is 54.6 Å². The van der Waals surface area contributed by atoms with Gasteiger partial charge in [0.15, 0.2) is 0 Å². The molecular formula is C27H25F3N6O3. The van der Waals surface area contributed by atoms with E-state index in [2.05, 4.69) is 10.3 Å². The average Bonchev–Trinajstić information content (AvgIpc) is 3.25. The van der Waals surface area contributed by atoms with Crippen molar-refractivity contribution < 1.29 is 27.9 Å². The first-order chi connectivity index (χ1) is 18.6. The lowest BCUT2D eigenvalue weighted by Crippen LogP contribution is -2.33. The summed E-state index contributed by atoms with van der Waals surface area (Å²) in [6, 6.07) is 11.5. The fourth-order valence-electron chi connectivity index (χ4n) is 4.20. The van der Waals surface area contributed by atoms with Gasteiger partial charge in [-0.1, -0.05) is 0 Å². The number of benzene rings is 3. The number of amides is 1. The van der Waals surface area contributed by atoms with Crippen molar-refractivity contribution in [3.8, 4) is 0 Å². The maximum absolute atomic E-state index is 14.5. The lowest BCUT2D eigenvalue weighted by atomic mass is 10.1. The number of aryl methyl sites for hydroxylation is 1. The van der Waals surface area contributed by atoms with Gasteiger partial charge in [-0.25, -0.2) is 18.2 Å². The Kier molecular flexibility index (Phi) is 7.84. The van der Waals surface area contributed by atoms with Gasteiger partial charge in [0.2, 0.25) is 0 Å². The van der Waals surface area contributed by atoms with Crippen LogP contribution in [0.25, 0.3) is 11.0 Å². The molecule has 1 heterocycles. The first kappa shape index (κ1) is 27.2. The highest BCUT2D eigenvalue weighted by Crippen LogP contribution is 2.25. The molecule has 39 heavy (non-hydrogen) atoms. The molecule has 0 unspecified atom stereocenters. The number of amidine groups is 1. The van der Waals surface area contributed by atoms with E-state index in [1.54, 1.807) is 6.07 Å². The summed E-state index contributed by atoms with van der Waals surface area (Å²) >= 11 is 0. The molecule has 4 aromatic rings. The average molecular weight is 539 g/mol. The number of nitrogens with one attached hydrogen (secondary N) is 2. The number of carboxylic acid groups (broad SMARTS) is 1. The van der Waals surface area contributed by atoms with Crippen molar-refractivity contribution in [1.82, 2.24) is 9.55 Å². The second kappa shape index (κ2) is 11.3. The molecule has 0 spiro atoms. The van der Waals surface area contributed by atoms with Crippen LogP contribution in [0.3, 0.4) is 0 Å². The number of anilines is 2. The topological polar surface area (TPSA) is 137 Å². The molecule has 0 atom stereocenters. The first-order valence-electron chi connectivity index (χ1n) is 11.9. The quantitative estimate of drug-likeness (QED) is 0.173. The number of carboxylic acids is 1. The van der Waals surface area contributed by atoms with Crippen LogP contribution in [0.1, 0.15) is 35.1 Å². The Morgan fingerprint density at radius 2 is 1.79 bits per heavy atom. The van der Waals surface area contributed by atoms with Gasteiger partial charge in [0.25, 0.3) is 5.91 Å². The van der Waals surface area contributed by atoms with Crippen LogP contribution < -0.4 is 16.0 Å². The normalized spacial score (nSPS) is 11.0. The van der Waals surface area contributed by atoms with Crippen LogP contribution >= 0.6 is 0 Å². The second-order valence-corrected chi connectivity index (χ2v) is 8.63. The molecule has 202 valence electrons. The molecule has 0 aliphatic carbocycles. The van der Waals surface area contributed by atoms with Crippen LogP contribution in [0.5, 0.6) is 0 Å². The van der Waals surface area contributed by atoms with E-state index in [9.17, 15) is 22.8 Å². The number of carbonyl (C=O) groups is 2. The summed E-state index contributed by atoms with van der Waals surface area (Å²) in [4.78, 5) is 30.1. The molecular weight excluding hydrogens is 513 g/mol. The van der Waals surface area contributed by atoms with Crippen molar-refractivity contribution in [3.05, 3.63) is 89.0 Å². The highest BCUT2D eigenvalue weighted by Gasteiger charge is 2.23. The summed E-state index contributed by atoms with van der Waals surface area (Å²) in [6.45, 7) is 2.24. The monoisotopic (exact) mass is 538 g/mol. The summed E-state index contributed by atoms with van der Waals surface area (Å²) in [5.74, 6) is -3.96. The highest BCUT2D eigenvalue weighted by atomic mass is 19.1. The van der Waals surface area contributed by atoms with Crippen LogP contribution in [0, 0.1) is 22.9 Å². The largest absolute Gasteiger partial charge is 0.481 e. The molecule has 0 fully saturated rings. The van der Waals surface area contributed by atoms with Gasteiger partial charge in [-0.2, -0.15) is 0 Å². The Morgan fingerprint density at radius 3 is 2.44 bits per heavy atom. The third-order valence-electron chi connectivity index (χ3n) is 6.10. The molecule has 0 radical (unpaired) electrons. The molecule has 0 aliphatic heterocycles. The summed E-state index contributed by atoms with van der Waals surface area (Å²) in [7, 11) is 0. The number of imidazole rings is 1. The number of hydrogen-bond acceptors (Lipinski definition) is 5. The summed E-state index contributed by atoms with van der Waals surface area (Å²) in [5.41, 5.74) is 6.88. The number of rotatable bonds is 10. The van der Waals surface area contributed by atoms with Gasteiger partial charge in [-0.3, -0.25) is 15.0 Å². The summed E-state index contributed by atoms with van der Waals surface area (Å²) in [5, 5.41) is 19.5. The maximum atomic E-state index is 14.5. The number of nitrogens with two attached hydrogens (primary N) is 1. The van der Waals surface area contributed by atoms with E-state index >= 15 is 0 Å². The minimum absolute atomic E-state index is 0.128. The summed E-state index contributed by atoms with van der Waals surface area (Å²) < 4.78 is 44.3. The molecule has 0 aliphatic rings. The van der Waals surface area contributed by atoms with Gasteiger partial charge < -0.3 is 25.6 Å². The number of nitrogens with zero attached hydrogens (tertiary/aromatic N) is 3. The van der Waals surface area contributed by atoms with Crippen LogP contribution in [0.2, 0.25) is 0 Å². The Bertz CT molecular complexity index is 1590. The lowest BCUT2D eigenvalue weighted by Gasteiger charge is -2.23. The number of aliphatic carboxylic acids is 1. The van der Waals surface area contributed by atoms with E-state index in [0.29, 0.717) is 29.5 Å². The Hall–Kier alpha value is -4.87. The number of carbonyl (C=O) groups excluding carboxylic acids is 1. The zero-order chi connectivity index (χ0) is 28.3. The van der Waals surface area contributed by atoms with Crippen molar-refractivity contribution in [3.63, 3.8) is 0 Å². The second-order valence-electron chi connectivity index (χ2n) is 8.63. The molecule has 12 heteroatoms. The van der Waals surface area contributed by atoms with Gasteiger partial charge in [0, 0.05) is 30.3 Å². The lowest BCUT2D eigenvalue weighted by molar-refractivity contribution is -0.136. The molecule has 0 saturated heterocycles. The SMILES string of the molecule is CCn1c(CNc2ccc(C(=N)N)cc2F)nc2cc(C(=O)N(CCC(=O)O)c3ccc(F)cc3F)ccc21. The number of fused-ring (bicyclic) bond motifs is 1. The molecule has 5 N–H and O–H groups in total. The number of hydrogen-bond donors (Lipinski definition) is 4. The molecule has 1 amide bonds. The smallest absolute Gasteiger partial charge is 0.305 e. The van der Waals surface area contributed by atoms with E-state index in [-0.39, 0.29) is 41.4 Å². The minimum atomic E-state index is -1.18. The zero-order valence-electron chi connectivity index (χ0n) is 20.8. The highest BCUT2D eigenvalue weighted by molar-refractivity contribution is 6.08. The molecule has 4 rings (SSSR count). The molecule has 0 bridgehead atoms. The molecule has 0 saturated carbocycles. The van der Waals surface area contributed by atoms with Crippen molar-refractivity contribution in [2.45, 2.75) is 26.4 Å². The van der Waals surface area contributed by atoms with E-state index in [1.807, 2.05) is 11.5 Å². The predicted molar refractivity (Wildman–Crippen MR) is 140 cm³/mol. The van der Waals surface area contributed by atoms with Gasteiger partial charge in [-0.05, 0) is 55.5 Å². The Balaban J connectivity index is 1.64. The van der Waals surface area contributed by atoms with Gasteiger partial charge in [0.05, 0.1) is 35.4 Å². The van der Waals surface area contributed by atoms with E-state index in [4.69, 9.17) is 16.2 Å². The standard InChI is InChI=1S/C27H25F3N6O3/c1-2-35-23-7-4-16(27(39)36(10-9-25(37)38)22-8-5-17(28)13-19(22)30)12-21(23)34-24(35)14-33-20-6-3-15(26(31)32)11-18(20)29/h3-8,11-13,33H,2,9-10,14H2,1H3,(H3,31,32)(H,37,38). The zero-order valence-corrected chi connectivity index (χ0v) is 20.8. The fraction of sp³-hybridized carbons (Fsp3) is 0.185. The van der Waals surface area contributed by atoms with Crippen molar-refractivity contribution >= 4 is 40.1 Å². The van der Waals surface area contributed by atoms with Gasteiger partial charge >= 0.3 is 5.97 Å². The third kappa shape index (κ3) is 5.84. The Labute approximate surface area is 221 Å². The number of nitrogen functional groups attached to an aromatic ring is 1. The number of halogens is 3. The van der Waals surface area contributed by atoms with E-state index in [1.165, 1.54) is 24.3 Å². The third-order valence-corrected chi connectivity index (χ3v) is 6.10. The van der Waals surface area contributed by atoms with Crippen LogP contribution in [-0.4, -0.2) is 38.9 Å². The predicted octanol–water partition coefficient (Wildman–Crippen LogP) is 4.49. The van der Waals surface area contributed by atoms with Crippen molar-refractivity contribution in [2.24, 2.45) is 5.73 Å². The molecule has 1 aromatic heterocycles. The fourth-order valence-corrected chi connectivity index (χ4v) is 4.20. The van der Waals surface area contributed by atoms with Gasteiger partial charge in [0.1, 0.15) is 29.1 Å². The maximum Gasteiger partial charge on any atom is 0.305 e. The van der Waals surface area contributed by atoms with Crippen molar-refractivity contribution in [1.29, 1.82) is 5.41 Å².